The summed E-state index contributed by atoms with van der Waals surface area (Å²) in [5.74, 6) is -0.119. The highest BCUT2D eigenvalue weighted by Gasteiger charge is 2.26. The third kappa shape index (κ3) is 3.53. The maximum absolute atomic E-state index is 11.8. The summed E-state index contributed by atoms with van der Waals surface area (Å²) in [6.07, 6.45) is 6.63. The molecule has 2 aliphatic rings. The van der Waals surface area contributed by atoms with Gasteiger partial charge in [-0.05, 0) is 32.1 Å². The molecule has 7 heteroatoms. The van der Waals surface area contributed by atoms with E-state index in [-0.39, 0.29) is 11.9 Å². The molecular formula is C14H20N4O2S. The Kier molecular flexibility index (Phi) is 4.38. The van der Waals surface area contributed by atoms with Gasteiger partial charge in [0.2, 0.25) is 5.91 Å². The van der Waals surface area contributed by atoms with Gasteiger partial charge in [0.05, 0.1) is 10.7 Å². The van der Waals surface area contributed by atoms with E-state index in [0.717, 1.165) is 19.3 Å². The Balaban J connectivity index is 1.39. The van der Waals surface area contributed by atoms with Crippen LogP contribution in [0.5, 0.6) is 0 Å². The Hall–Kier alpha value is -1.63. The van der Waals surface area contributed by atoms with Crippen LogP contribution in [0.15, 0.2) is 0 Å². The van der Waals surface area contributed by atoms with Crippen LogP contribution in [0.1, 0.15) is 34.8 Å². The van der Waals surface area contributed by atoms with E-state index in [1.807, 2.05) is 11.3 Å². The summed E-state index contributed by atoms with van der Waals surface area (Å²) >= 11 is 1.83. The molecule has 0 saturated carbocycles. The molecule has 0 radical (unpaired) electrons. The second-order valence-corrected chi connectivity index (χ2v) is 6.65. The molecule has 1 fully saturated rings. The first-order chi connectivity index (χ1) is 10.2. The van der Waals surface area contributed by atoms with Crippen LogP contribution in [-0.4, -0.2) is 36.1 Å². The van der Waals surface area contributed by atoms with Crippen molar-refractivity contribution < 1.29 is 9.59 Å². The maximum atomic E-state index is 11.8. The summed E-state index contributed by atoms with van der Waals surface area (Å²) in [4.78, 5) is 28.9. The summed E-state index contributed by atoms with van der Waals surface area (Å²) in [6, 6.07) is -0.715. The summed E-state index contributed by atoms with van der Waals surface area (Å²) in [5, 5.41) is 9.20. The lowest BCUT2D eigenvalue weighted by molar-refractivity contribution is -0.122. The zero-order chi connectivity index (χ0) is 14.7. The molecule has 1 aromatic heterocycles. The van der Waals surface area contributed by atoms with E-state index in [4.69, 9.17) is 4.98 Å². The lowest BCUT2D eigenvalue weighted by Crippen LogP contribution is -2.43. The predicted molar refractivity (Wildman–Crippen MR) is 80.4 cm³/mol. The van der Waals surface area contributed by atoms with Crippen molar-refractivity contribution in [2.24, 2.45) is 0 Å². The molecule has 1 atom stereocenters. The quantitative estimate of drug-likeness (QED) is 0.702. The van der Waals surface area contributed by atoms with Gasteiger partial charge in [-0.2, -0.15) is 0 Å². The molecule has 114 valence electrons. The first-order valence-electron chi connectivity index (χ1n) is 7.52. The normalized spacial score (nSPS) is 20.6. The van der Waals surface area contributed by atoms with E-state index in [1.165, 1.54) is 34.8 Å². The van der Waals surface area contributed by atoms with Crippen LogP contribution in [-0.2, 0) is 24.1 Å². The number of rotatable bonds is 5. The molecule has 0 aromatic carbocycles. The Morgan fingerprint density at radius 3 is 3.00 bits per heavy atom. The Morgan fingerprint density at radius 2 is 2.24 bits per heavy atom. The van der Waals surface area contributed by atoms with E-state index >= 15 is 0 Å². The van der Waals surface area contributed by atoms with Gasteiger partial charge in [-0.1, -0.05) is 0 Å². The number of urea groups is 1. The van der Waals surface area contributed by atoms with Crippen LogP contribution in [0, 0.1) is 0 Å². The minimum Gasteiger partial charge on any atom is -0.354 e. The van der Waals surface area contributed by atoms with E-state index in [0.29, 0.717) is 13.1 Å². The summed E-state index contributed by atoms with van der Waals surface area (Å²) in [7, 11) is 0. The number of carbonyl (C=O) groups is 2. The predicted octanol–water partition coefficient (Wildman–Crippen LogP) is 0.752. The number of fused-ring (bicyclic) bond motifs is 1. The number of thiazole rings is 1. The molecule has 0 spiro atoms. The number of aromatic nitrogens is 1. The van der Waals surface area contributed by atoms with Crippen molar-refractivity contribution in [1.82, 2.24) is 20.9 Å². The highest BCUT2D eigenvalue weighted by Crippen LogP contribution is 2.27. The molecule has 3 N–H and O–H groups in total. The molecule has 1 aromatic rings. The fraction of sp³-hybridized carbons (Fsp3) is 0.643. The third-order valence-electron chi connectivity index (χ3n) is 3.85. The monoisotopic (exact) mass is 308 g/mol. The highest BCUT2D eigenvalue weighted by molar-refractivity contribution is 7.11. The zero-order valence-corrected chi connectivity index (χ0v) is 12.7. The Morgan fingerprint density at radius 1 is 1.38 bits per heavy atom. The number of nitrogens with zero attached hydrogens (tertiary/aromatic N) is 1. The van der Waals surface area contributed by atoms with Gasteiger partial charge >= 0.3 is 6.03 Å². The van der Waals surface area contributed by atoms with Crippen molar-refractivity contribution in [3.63, 3.8) is 0 Å². The molecule has 3 rings (SSSR count). The smallest absolute Gasteiger partial charge is 0.315 e. The molecular weight excluding hydrogens is 288 g/mol. The zero-order valence-electron chi connectivity index (χ0n) is 11.9. The second-order valence-electron chi connectivity index (χ2n) is 5.49. The van der Waals surface area contributed by atoms with Crippen molar-refractivity contribution >= 4 is 23.3 Å². The van der Waals surface area contributed by atoms with Gasteiger partial charge in [0.15, 0.2) is 0 Å². The van der Waals surface area contributed by atoms with Gasteiger partial charge in [-0.3, -0.25) is 4.79 Å². The van der Waals surface area contributed by atoms with Crippen LogP contribution in [0.25, 0.3) is 0 Å². The van der Waals surface area contributed by atoms with Gasteiger partial charge in [0, 0.05) is 24.4 Å². The van der Waals surface area contributed by atoms with Crippen LogP contribution < -0.4 is 16.0 Å². The van der Waals surface area contributed by atoms with Gasteiger partial charge in [-0.15, -0.1) is 11.3 Å². The molecule has 1 saturated heterocycles. The number of nitrogens with one attached hydrogen (secondary N) is 3. The Bertz CT molecular complexity index is 520. The minimum atomic E-state index is -0.440. The third-order valence-corrected chi connectivity index (χ3v) is 5.06. The van der Waals surface area contributed by atoms with Crippen LogP contribution in [0.4, 0.5) is 4.79 Å². The summed E-state index contributed by atoms with van der Waals surface area (Å²) < 4.78 is 0. The SMILES string of the molecule is O=C1NCC(C(=O)NCCCc2nc3c(s2)CCCC3)N1. The number of hydrogen-bond acceptors (Lipinski definition) is 4. The lowest BCUT2D eigenvalue weighted by atomic mass is 10.0. The first kappa shape index (κ1) is 14.3. The summed E-state index contributed by atoms with van der Waals surface area (Å²) in [5.41, 5.74) is 1.30. The average Bonchev–Trinajstić information content (AvgIpc) is 3.09. The van der Waals surface area contributed by atoms with Gasteiger partial charge in [0.1, 0.15) is 6.04 Å². The number of amides is 3. The molecule has 1 unspecified atom stereocenters. The second kappa shape index (κ2) is 6.43. The minimum absolute atomic E-state index is 0.119. The standard InChI is InChI=1S/C14H20N4O2S/c19-13(10-8-16-14(20)18-10)15-7-3-6-12-17-9-4-1-2-5-11(9)21-12/h10H,1-8H2,(H,15,19)(H2,16,18,20). The highest BCUT2D eigenvalue weighted by atomic mass is 32.1. The molecule has 1 aliphatic heterocycles. The number of aryl methyl sites for hydroxylation is 3. The largest absolute Gasteiger partial charge is 0.354 e. The van der Waals surface area contributed by atoms with Crippen molar-refractivity contribution in [1.29, 1.82) is 0 Å². The van der Waals surface area contributed by atoms with Crippen LogP contribution in [0.3, 0.4) is 0 Å². The average molecular weight is 308 g/mol. The van der Waals surface area contributed by atoms with Gasteiger partial charge < -0.3 is 16.0 Å². The van der Waals surface area contributed by atoms with Gasteiger partial charge in [-0.25, -0.2) is 9.78 Å². The lowest BCUT2D eigenvalue weighted by Gasteiger charge is -2.09. The molecule has 21 heavy (non-hydrogen) atoms. The van der Waals surface area contributed by atoms with E-state index < -0.39 is 6.04 Å². The van der Waals surface area contributed by atoms with Crippen molar-refractivity contribution in [3.8, 4) is 0 Å². The molecule has 0 bridgehead atoms. The molecule has 2 heterocycles. The molecule has 3 amide bonds. The van der Waals surface area contributed by atoms with Gasteiger partial charge in [0.25, 0.3) is 0 Å². The van der Waals surface area contributed by atoms with Crippen molar-refractivity contribution in [2.45, 2.75) is 44.6 Å². The Labute approximate surface area is 127 Å². The number of carbonyl (C=O) groups excluding carboxylic acids is 2. The van der Waals surface area contributed by atoms with Crippen molar-refractivity contribution in [2.75, 3.05) is 13.1 Å². The van der Waals surface area contributed by atoms with Crippen molar-refractivity contribution in [3.05, 3.63) is 15.6 Å². The van der Waals surface area contributed by atoms with Crippen LogP contribution >= 0.6 is 11.3 Å². The number of hydrogen-bond donors (Lipinski definition) is 3. The molecule has 6 nitrogen and oxygen atoms in total. The maximum Gasteiger partial charge on any atom is 0.315 e. The van der Waals surface area contributed by atoms with E-state index in [1.54, 1.807) is 0 Å². The fourth-order valence-corrected chi connectivity index (χ4v) is 3.90. The first-order valence-corrected chi connectivity index (χ1v) is 8.33. The van der Waals surface area contributed by atoms with E-state index in [9.17, 15) is 9.59 Å². The fourth-order valence-electron chi connectivity index (χ4n) is 2.70. The van der Waals surface area contributed by atoms with Crippen LogP contribution in [0.2, 0.25) is 0 Å². The van der Waals surface area contributed by atoms with E-state index in [2.05, 4.69) is 16.0 Å². The summed E-state index contributed by atoms with van der Waals surface area (Å²) in [6.45, 7) is 0.985. The molecule has 1 aliphatic carbocycles. The topological polar surface area (TPSA) is 83.1 Å².